The van der Waals surface area contributed by atoms with Crippen LogP contribution in [0.1, 0.15) is 69.0 Å². The van der Waals surface area contributed by atoms with Gasteiger partial charge in [-0.3, -0.25) is 0 Å². The molecule has 4 saturated carbocycles. The maximum Gasteiger partial charge on any atom is 0.0292 e. The number of hydrogen-bond acceptors (Lipinski definition) is 1. The van der Waals surface area contributed by atoms with Crippen LogP contribution in [-0.4, -0.2) is 0 Å². The molecule has 0 aromatic heterocycles. The van der Waals surface area contributed by atoms with Gasteiger partial charge < -0.3 is 5.73 Å². The van der Waals surface area contributed by atoms with Gasteiger partial charge in [-0.25, -0.2) is 0 Å². The second kappa shape index (κ2) is 4.59. The lowest BCUT2D eigenvalue weighted by Crippen LogP contribution is -2.48. The fraction of sp³-hybridized carbons (Fsp3) is 0.684. The van der Waals surface area contributed by atoms with Gasteiger partial charge in [0.05, 0.1) is 0 Å². The maximum atomic E-state index is 6.15. The molecule has 4 fully saturated rings. The molecule has 1 heteroatoms. The highest BCUT2D eigenvalue weighted by molar-refractivity contribution is 5.33. The van der Waals surface area contributed by atoms with Gasteiger partial charge in [-0.15, -0.1) is 0 Å². The van der Waals surface area contributed by atoms with Gasteiger partial charge in [0.25, 0.3) is 0 Å². The van der Waals surface area contributed by atoms with Crippen molar-refractivity contribution in [2.75, 3.05) is 0 Å². The van der Waals surface area contributed by atoms with Gasteiger partial charge in [-0.2, -0.15) is 0 Å². The molecule has 1 aromatic carbocycles. The first kappa shape index (κ1) is 12.9. The highest BCUT2D eigenvalue weighted by atomic mass is 14.6. The third-order valence-corrected chi connectivity index (χ3v) is 6.43. The molecule has 2 N–H and O–H groups in total. The Morgan fingerprint density at radius 1 is 1.00 bits per heavy atom. The largest absolute Gasteiger partial charge is 0.324 e. The lowest BCUT2D eigenvalue weighted by molar-refractivity contribution is -0.00519. The van der Waals surface area contributed by atoms with Crippen LogP contribution >= 0.6 is 0 Å². The Morgan fingerprint density at radius 3 is 1.95 bits per heavy atom. The second-order valence-electron chi connectivity index (χ2n) is 7.83. The van der Waals surface area contributed by atoms with Gasteiger partial charge in [0.1, 0.15) is 0 Å². The summed E-state index contributed by atoms with van der Waals surface area (Å²) in [6.07, 6.45) is 9.97. The van der Waals surface area contributed by atoms with Gasteiger partial charge in [-0.05, 0) is 79.2 Å². The van der Waals surface area contributed by atoms with Crippen molar-refractivity contribution in [3.8, 4) is 0 Å². The van der Waals surface area contributed by atoms with Crippen LogP contribution in [0.2, 0.25) is 0 Å². The van der Waals surface area contributed by atoms with Gasteiger partial charge >= 0.3 is 0 Å². The van der Waals surface area contributed by atoms with Gasteiger partial charge in [0.15, 0.2) is 0 Å². The summed E-state index contributed by atoms with van der Waals surface area (Å²) in [4.78, 5) is 0. The number of hydrogen-bond donors (Lipinski definition) is 1. The Labute approximate surface area is 122 Å². The molecule has 1 atom stereocenters. The molecule has 0 saturated heterocycles. The highest BCUT2D eigenvalue weighted by Crippen LogP contribution is 2.60. The summed E-state index contributed by atoms with van der Waals surface area (Å²) < 4.78 is 0. The third kappa shape index (κ3) is 1.94. The van der Waals surface area contributed by atoms with Crippen LogP contribution in [0, 0.1) is 17.8 Å². The molecular weight excluding hydrogens is 242 g/mol. The van der Waals surface area contributed by atoms with E-state index < -0.39 is 0 Å². The van der Waals surface area contributed by atoms with Gasteiger partial charge in [-0.1, -0.05) is 31.2 Å². The first-order valence-corrected chi connectivity index (χ1v) is 8.54. The first-order valence-electron chi connectivity index (χ1n) is 8.54. The molecule has 4 aliphatic rings. The average molecular weight is 269 g/mol. The molecule has 0 spiro atoms. The monoisotopic (exact) mass is 269 g/mol. The topological polar surface area (TPSA) is 26.0 Å². The molecule has 0 radical (unpaired) electrons. The van der Waals surface area contributed by atoms with Crippen molar-refractivity contribution in [1.82, 2.24) is 0 Å². The minimum Gasteiger partial charge on any atom is -0.324 e. The fourth-order valence-electron chi connectivity index (χ4n) is 5.78. The molecule has 0 unspecified atom stereocenters. The van der Waals surface area contributed by atoms with E-state index in [2.05, 4.69) is 31.2 Å². The summed E-state index contributed by atoms with van der Waals surface area (Å²) in [6.45, 7) is 2.16. The van der Waals surface area contributed by atoms with Crippen LogP contribution < -0.4 is 5.73 Å². The van der Waals surface area contributed by atoms with Crippen molar-refractivity contribution in [2.24, 2.45) is 23.5 Å². The molecule has 108 valence electrons. The van der Waals surface area contributed by atoms with E-state index in [0.717, 1.165) is 24.2 Å². The summed E-state index contributed by atoms with van der Waals surface area (Å²) in [5.41, 5.74) is 9.60. The summed E-state index contributed by atoms with van der Waals surface area (Å²) in [7, 11) is 0. The highest BCUT2D eigenvalue weighted by Gasteiger charge is 2.51. The van der Waals surface area contributed by atoms with Gasteiger partial charge in [0, 0.05) is 6.04 Å². The molecule has 0 amide bonds. The Hall–Kier alpha value is -0.820. The molecule has 4 aliphatic carbocycles. The van der Waals surface area contributed by atoms with Crippen LogP contribution in [0.15, 0.2) is 24.3 Å². The normalized spacial score (nSPS) is 40.0. The van der Waals surface area contributed by atoms with Crippen LogP contribution in [0.25, 0.3) is 0 Å². The van der Waals surface area contributed by atoms with E-state index in [1.54, 1.807) is 5.56 Å². The lowest BCUT2D eigenvalue weighted by atomic mass is 9.48. The fourth-order valence-corrected chi connectivity index (χ4v) is 5.78. The van der Waals surface area contributed by atoms with Crippen LogP contribution in [0.5, 0.6) is 0 Å². The van der Waals surface area contributed by atoms with Crippen molar-refractivity contribution in [3.63, 3.8) is 0 Å². The predicted molar refractivity (Wildman–Crippen MR) is 83.5 cm³/mol. The summed E-state index contributed by atoms with van der Waals surface area (Å²) in [5.74, 6) is 3.08. The zero-order valence-electron chi connectivity index (χ0n) is 12.6. The summed E-state index contributed by atoms with van der Waals surface area (Å²) in [6, 6.07) is 9.60. The van der Waals surface area contributed by atoms with Crippen molar-refractivity contribution < 1.29 is 0 Å². The van der Waals surface area contributed by atoms with Crippen LogP contribution in [0.4, 0.5) is 0 Å². The smallest absolute Gasteiger partial charge is 0.0292 e. The Balaban J connectivity index is 1.64. The van der Waals surface area contributed by atoms with Crippen molar-refractivity contribution in [3.05, 3.63) is 35.4 Å². The number of benzene rings is 1. The minimum atomic E-state index is 0.209. The molecule has 4 bridgehead atoms. The second-order valence-corrected chi connectivity index (χ2v) is 7.83. The lowest BCUT2D eigenvalue weighted by Gasteiger charge is -2.57. The molecule has 5 rings (SSSR count). The Kier molecular flexibility index (Phi) is 2.96. The van der Waals surface area contributed by atoms with Crippen LogP contribution in [0.3, 0.4) is 0 Å². The number of nitrogens with two attached hydrogens (primary N) is 1. The van der Waals surface area contributed by atoms with E-state index in [1.165, 1.54) is 44.1 Å². The molecule has 0 heterocycles. The zero-order chi connectivity index (χ0) is 13.7. The molecule has 20 heavy (non-hydrogen) atoms. The average Bonchev–Trinajstić information content (AvgIpc) is 2.45. The van der Waals surface area contributed by atoms with E-state index in [4.69, 9.17) is 5.73 Å². The summed E-state index contributed by atoms with van der Waals surface area (Å²) >= 11 is 0. The standard InChI is InChI=1S/C19H27N/c1-2-18(20)16-3-5-17(6-4-16)19-10-13-7-14(11-19)9-15(8-13)12-19/h3-6,13-15,18H,2,7-12,20H2,1H3/t13?,14?,15?,18-,19?/m0/s1. The van der Waals surface area contributed by atoms with Gasteiger partial charge in [0.2, 0.25) is 0 Å². The minimum absolute atomic E-state index is 0.209. The molecule has 0 aliphatic heterocycles. The first-order chi connectivity index (χ1) is 9.68. The van der Waals surface area contributed by atoms with Crippen molar-refractivity contribution in [2.45, 2.75) is 63.3 Å². The quantitative estimate of drug-likeness (QED) is 0.855. The number of rotatable bonds is 3. The van der Waals surface area contributed by atoms with E-state index >= 15 is 0 Å². The van der Waals surface area contributed by atoms with Crippen LogP contribution in [-0.2, 0) is 5.41 Å². The zero-order valence-corrected chi connectivity index (χ0v) is 12.6. The Morgan fingerprint density at radius 2 is 1.50 bits per heavy atom. The van der Waals surface area contributed by atoms with Crippen molar-refractivity contribution in [1.29, 1.82) is 0 Å². The van der Waals surface area contributed by atoms with E-state index in [1.807, 2.05) is 0 Å². The maximum absolute atomic E-state index is 6.15. The SMILES string of the molecule is CC[C@H](N)c1ccc(C23CC4CC(CC(C4)C2)C3)cc1. The van der Waals surface area contributed by atoms with E-state index in [-0.39, 0.29) is 6.04 Å². The molecule has 1 nitrogen and oxygen atoms in total. The predicted octanol–water partition coefficient (Wildman–Crippen LogP) is 4.56. The van der Waals surface area contributed by atoms with E-state index in [9.17, 15) is 0 Å². The Bertz CT molecular complexity index is 452. The third-order valence-electron chi connectivity index (χ3n) is 6.43. The molecule has 1 aromatic rings. The van der Waals surface area contributed by atoms with E-state index in [0.29, 0.717) is 5.41 Å². The summed E-state index contributed by atoms with van der Waals surface area (Å²) in [5, 5.41) is 0. The van der Waals surface area contributed by atoms with Crippen molar-refractivity contribution >= 4 is 0 Å². The molecular formula is C19H27N.